The molecule has 1 aliphatic carbocycles. The van der Waals surface area contributed by atoms with Gasteiger partial charge >= 0.3 is 0 Å². The lowest BCUT2D eigenvalue weighted by atomic mass is 10.0. The van der Waals surface area contributed by atoms with Gasteiger partial charge in [0.2, 0.25) is 0 Å². The molecular formula is C13H13BrN2O2. The Labute approximate surface area is 114 Å². The Kier molecular flexibility index (Phi) is 4.15. The standard InChI is InChI=1S/C13H13BrN2O2/c14-10-4-1-3-9(7-10)13(18)16-15-11-5-2-6-12(17)8-11/h1,3-4,7-8,15H,2,5-6H2,(H,16,18). The number of hydrazine groups is 1. The smallest absolute Gasteiger partial charge is 0.269 e. The highest BCUT2D eigenvalue weighted by atomic mass is 79.9. The van der Waals surface area contributed by atoms with Crippen LogP contribution in [-0.2, 0) is 4.79 Å². The number of carbonyl (C=O) groups excluding carboxylic acids is 2. The average molecular weight is 309 g/mol. The number of nitrogens with one attached hydrogen (secondary N) is 2. The molecule has 2 N–H and O–H groups in total. The number of carbonyl (C=O) groups is 2. The molecule has 0 atom stereocenters. The molecule has 1 aliphatic rings. The number of halogens is 1. The van der Waals surface area contributed by atoms with Crippen molar-refractivity contribution in [2.75, 3.05) is 0 Å². The van der Waals surface area contributed by atoms with Crippen LogP contribution in [0.25, 0.3) is 0 Å². The largest absolute Gasteiger partial charge is 0.302 e. The highest BCUT2D eigenvalue weighted by Crippen LogP contribution is 2.13. The van der Waals surface area contributed by atoms with Gasteiger partial charge in [-0.15, -0.1) is 0 Å². The van der Waals surface area contributed by atoms with Gasteiger partial charge in [0.05, 0.1) is 0 Å². The molecule has 0 saturated carbocycles. The fourth-order valence-electron chi connectivity index (χ4n) is 1.73. The summed E-state index contributed by atoms with van der Waals surface area (Å²) in [6.07, 6.45) is 3.74. The quantitative estimate of drug-likeness (QED) is 0.843. The van der Waals surface area contributed by atoms with Crippen molar-refractivity contribution in [2.24, 2.45) is 0 Å². The molecule has 5 heteroatoms. The topological polar surface area (TPSA) is 58.2 Å². The second-order valence-corrected chi connectivity index (χ2v) is 4.99. The van der Waals surface area contributed by atoms with Gasteiger partial charge < -0.3 is 5.43 Å². The maximum atomic E-state index is 11.8. The first-order valence-electron chi connectivity index (χ1n) is 5.70. The molecule has 0 aromatic heterocycles. The minimum atomic E-state index is -0.227. The summed E-state index contributed by atoms with van der Waals surface area (Å²) in [5, 5.41) is 0. The van der Waals surface area contributed by atoms with E-state index in [1.165, 1.54) is 0 Å². The highest BCUT2D eigenvalue weighted by molar-refractivity contribution is 9.10. The summed E-state index contributed by atoms with van der Waals surface area (Å²) in [6, 6.07) is 7.11. The summed E-state index contributed by atoms with van der Waals surface area (Å²) < 4.78 is 0.849. The zero-order valence-corrected chi connectivity index (χ0v) is 11.3. The summed E-state index contributed by atoms with van der Waals surface area (Å²) in [7, 11) is 0. The molecular weight excluding hydrogens is 296 g/mol. The minimum absolute atomic E-state index is 0.0976. The summed E-state index contributed by atoms with van der Waals surface area (Å²) in [5.41, 5.74) is 6.70. The van der Waals surface area contributed by atoms with Crippen LogP contribution in [0.3, 0.4) is 0 Å². The van der Waals surface area contributed by atoms with Gasteiger partial charge in [-0.2, -0.15) is 0 Å². The van der Waals surface area contributed by atoms with E-state index >= 15 is 0 Å². The molecule has 1 aromatic rings. The molecule has 0 unspecified atom stereocenters. The molecule has 4 nitrogen and oxygen atoms in total. The van der Waals surface area contributed by atoms with Crippen LogP contribution in [0.5, 0.6) is 0 Å². The van der Waals surface area contributed by atoms with E-state index in [9.17, 15) is 9.59 Å². The SMILES string of the molecule is O=C1C=C(NNC(=O)c2cccc(Br)c2)CCC1. The van der Waals surface area contributed by atoms with Crippen LogP contribution < -0.4 is 10.9 Å². The first-order valence-corrected chi connectivity index (χ1v) is 6.50. The van der Waals surface area contributed by atoms with Gasteiger partial charge in [0.25, 0.3) is 5.91 Å². The number of rotatable bonds is 3. The average Bonchev–Trinajstić information content (AvgIpc) is 2.36. The second kappa shape index (κ2) is 5.82. The van der Waals surface area contributed by atoms with Crippen LogP contribution in [0.4, 0.5) is 0 Å². The van der Waals surface area contributed by atoms with Crippen LogP contribution in [-0.4, -0.2) is 11.7 Å². The molecule has 0 radical (unpaired) electrons. The maximum absolute atomic E-state index is 11.8. The number of hydrogen-bond donors (Lipinski definition) is 2. The van der Waals surface area contributed by atoms with E-state index in [-0.39, 0.29) is 11.7 Å². The first-order chi connectivity index (χ1) is 8.65. The third-order valence-electron chi connectivity index (χ3n) is 2.63. The lowest BCUT2D eigenvalue weighted by molar-refractivity contribution is -0.115. The van der Waals surface area contributed by atoms with Crippen molar-refractivity contribution >= 4 is 27.6 Å². The first kappa shape index (κ1) is 12.8. The normalized spacial score (nSPS) is 14.9. The molecule has 2 rings (SSSR count). The monoisotopic (exact) mass is 308 g/mol. The molecule has 94 valence electrons. The molecule has 1 aromatic carbocycles. The number of amides is 1. The van der Waals surface area contributed by atoms with E-state index in [2.05, 4.69) is 26.8 Å². The predicted molar refractivity (Wildman–Crippen MR) is 71.7 cm³/mol. The molecule has 1 amide bonds. The molecule has 18 heavy (non-hydrogen) atoms. The molecule has 0 heterocycles. The van der Waals surface area contributed by atoms with E-state index in [0.29, 0.717) is 12.0 Å². The van der Waals surface area contributed by atoms with Crippen molar-refractivity contribution in [3.05, 3.63) is 46.1 Å². The minimum Gasteiger partial charge on any atom is -0.302 e. The van der Waals surface area contributed by atoms with E-state index in [4.69, 9.17) is 0 Å². The number of allylic oxidation sites excluding steroid dienone is 2. The summed E-state index contributed by atoms with van der Waals surface area (Å²) in [6.45, 7) is 0. The Hall–Kier alpha value is -1.62. The van der Waals surface area contributed by atoms with Gasteiger partial charge in [-0.3, -0.25) is 15.0 Å². The Morgan fingerprint density at radius 2 is 2.11 bits per heavy atom. The molecule has 0 saturated heterocycles. The number of ketones is 1. The van der Waals surface area contributed by atoms with E-state index in [1.807, 2.05) is 6.07 Å². The summed E-state index contributed by atoms with van der Waals surface area (Å²) in [4.78, 5) is 23.0. The van der Waals surface area contributed by atoms with Crippen LogP contribution in [0.15, 0.2) is 40.5 Å². The molecule has 0 aliphatic heterocycles. The van der Waals surface area contributed by atoms with Gasteiger partial charge in [0, 0.05) is 28.2 Å². The lowest BCUT2D eigenvalue weighted by Gasteiger charge is -2.15. The van der Waals surface area contributed by atoms with Crippen LogP contribution in [0.2, 0.25) is 0 Å². The van der Waals surface area contributed by atoms with Crippen LogP contribution in [0, 0.1) is 0 Å². The Morgan fingerprint density at radius 1 is 1.28 bits per heavy atom. The highest BCUT2D eigenvalue weighted by Gasteiger charge is 2.11. The zero-order valence-electron chi connectivity index (χ0n) is 9.70. The van der Waals surface area contributed by atoms with Crippen LogP contribution in [0.1, 0.15) is 29.6 Å². The third kappa shape index (κ3) is 3.43. The van der Waals surface area contributed by atoms with Gasteiger partial charge in [-0.25, -0.2) is 0 Å². The van der Waals surface area contributed by atoms with Crippen molar-refractivity contribution in [1.29, 1.82) is 0 Å². The lowest BCUT2D eigenvalue weighted by Crippen LogP contribution is -2.37. The van der Waals surface area contributed by atoms with Crippen molar-refractivity contribution in [2.45, 2.75) is 19.3 Å². The van der Waals surface area contributed by atoms with Gasteiger partial charge in [0.1, 0.15) is 0 Å². The maximum Gasteiger partial charge on any atom is 0.269 e. The zero-order chi connectivity index (χ0) is 13.0. The molecule has 0 bridgehead atoms. The van der Waals surface area contributed by atoms with Crippen molar-refractivity contribution < 1.29 is 9.59 Å². The second-order valence-electron chi connectivity index (χ2n) is 4.08. The van der Waals surface area contributed by atoms with Crippen LogP contribution >= 0.6 is 15.9 Å². The number of hydrogen-bond acceptors (Lipinski definition) is 3. The van der Waals surface area contributed by atoms with Crippen molar-refractivity contribution in [3.63, 3.8) is 0 Å². The molecule has 0 spiro atoms. The van der Waals surface area contributed by atoms with Crippen molar-refractivity contribution in [3.8, 4) is 0 Å². The Bertz CT molecular complexity index is 511. The van der Waals surface area contributed by atoms with Crippen molar-refractivity contribution in [1.82, 2.24) is 10.9 Å². The molecule has 0 fully saturated rings. The Morgan fingerprint density at radius 3 is 2.83 bits per heavy atom. The van der Waals surface area contributed by atoms with Gasteiger partial charge in [-0.05, 0) is 31.0 Å². The fraction of sp³-hybridized carbons (Fsp3) is 0.231. The summed E-state index contributed by atoms with van der Waals surface area (Å²) in [5.74, 6) is -0.129. The van der Waals surface area contributed by atoms with E-state index in [0.717, 1.165) is 23.0 Å². The fourth-order valence-corrected chi connectivity index (χ4v) is 2.13. The van der Waals surface area contributed by atoms with E-state index < -0.39 is 0 Å². The Balaban J connectivity index is 1.94. The van der Waals surface area contributed by atoms with Gasteiger partial charge in [0.15, 0.2) is 5.78 Å². The van der Waals surface area contributed by atoms with E-state index in [1.54, 1.807) is 24.3 Å². The van der Waals surface area contributed by atoms with Gasteiger partial charge in [-0.1, -0.05) is 22.0 Å². The number of benzene rings is 1. The summed E-state index contributed by atoms with van der Waals surface area (Å²) >= 11 is 3.31. The third-order valence-corrected chi connectivity index (χ3v) is 3.12. The predicted octanol–water partition coefficient (Wildman–Crippen LogP) is 2.32.